The number of nitrogens with one attached hydrogen (secondary N) is 1. The summed E-state index contributed by atoms with van der Waals surface area (Å²) in [5, 5.41) is 5.94. The van der Waals surface area contributed by atoms with E-state index in [1.807, 2.05) is 12.4 Å². The summed E-state index contributed by atoms with van der Waals surface area (Å²) >= 11 is 0. The van der Waals surface area contributed by atoms with Crippen LogP contribution in [0.5, 0.6) is 0 Å². The van der Waals surface area contributed by atoms with Crippen molar-refractivity contribution in [1.82, 2.24) is 10.3 Å². The Morgan fingerprint density at radius 2 is 2.07 bits per heavy atom. The predicted molar refractivity (Wildman–Crippen MR) is 57.2 cm³/mol. The van der Waals surface area contributed by atoms with Crippen LogP contribution in [0.4, 0.5) is 0 Å². The third-order valence-corrected chi connectivity index (χ3v) is 2.85. The molecule has 0 spiro atoms. The van der Waals surface area contributed by atoms with Gasteiger partial charge in [-0.2, -0.15) is 0 Å². The lowest BCUT2D eigenvalue weighted by Gasteiger charge is -2.17. The lowest BCUT2D eigenvalue weighted by Crippen LogP contribution is -2.23. The van der Waals surface area contributed by atoms with Gasteiger partial charge in [0.1, 0.15) is 0 Å². The van der Waals surface area contributed by atoms with Crippen LogP contribution in [0.2, 0.25) is 0 Å². The van der Waals surface area contributed by atoms with E-state index < -0.39 is 0 Å². The number of pyridine rings is 1. The maximum atomic E-state index is 4.14. The molecule has 0 saturated heterocycles. The summed E-state index contributed by atoms with van der Waals surface area (Å²) in [6.07, 6.45) is 4.94. The average molecular weight is 184 g/mol. The number of rotatable bonds is 0. The molecule has 0 atom stereocenters. The van der Waals surface area contributed by atoms with E-state index in [-0.39, 0.29) is 0 Å². The van der Waals surface area contributed by atoms with Crippen LogP contribution >= 0.6 is 0 Å². The van der Waals surface area contributed by atoms with Gasteiger partial charge in [-0.3, -0.25) is 4.98 Å². The number of nitrogens with zero attached hydrogens (tertiary/aromatic N) is 1. The molecule has 0 fully saturated rings. The Balaban J connectivity index is 2.27. The van der Waals surface area contributed by atoms with Crippen molar-refractivity contribution in [2.75, 3.05) is 6.54 Å². The smallest absolute Gasteiger partial charge is 0.0346 e. The minimum absolute atomic E-state index is 1.00. The first-order valence-electron chi connectivity index (χ1n) is 5.00. The van der Waals surface area contributed by atoms with Gasteiger partial charge in [-0.05, 0) is 41.6 Å². The van der Waals surface area contributed by atoms with Gasteiger partial charge < -0.3 is 5.32 Å². The van der Waals surface area contributed by atoms with Crippen molar-refractivity contribution < 1.29 is 0 Å². The van der Waals surface area contributed by atoms with Gasteiger partial charge in [0.2, 0.25) is 0 Å². The molecule has 2 nitrogen and oxygen atoms in total. The minimum atomic E-state index is 1.00. The van der Waals surface area contributed by atoms with E-state index in [2.05, 4.69) is 28.5 Å². The molecule has 0 radical (unpaired) electrons. The van der Waals surface area contributed by atoms with Crippen molar-refractivity contribution in [1.29, 1.82) is 0 Å². The molecule has 0 saturated carbocycles. The Kier molecular flexibility index (Phi) is 1.74. The van der Waals surface area contributed by atoms with Gasteiger partial charge in [-0.25, -0.2) is 0 Å². The lowest BCUT2D eigenvalue weighted by atomic mass is 9.97. The quantitative estimate of drug-likeness (QED) is 0.676. The zero-order valence-electron chi connectivity index (χ0n) is 7.96. The highest BCUT2D eigenvalue weighted by atomic mass is 14.9. The van der Waals surface area contributed by atoms with Crippen LogP contribution in [0.15, 0.2) is 30.6 Å². The number of hydrogen-bond donors (Lipinski definition) is 1. The van der Waals surface area contributed by atoms with E-state index in [4.69, 9.17) is 0 Å². The van der Waals surface area contributed by atoms with Crippen molar-refractivity contribution in [2.24, 2.45) is 0 Å². The molecule has 0 aliphatic carbocycles. The highest BCUT2D eigenvalue weighted by Gasteiger charge is 2.08. The Labute approximate surface area is 83.0 Å². The monoisotopic (exact) mass is 184 g/mol. The van der Waals surface area contributed by atoms with Gasteiger partial charge in [0.25, 0.3) is 0 Å². The van der Waals surface area contributed by atoms with E-state index in [1.54, 1.807) is 0 Å². The van der Waals surface area contributed by atoms with E-state index in [9.17, 15) is 0 Å². The Hall–Kier alpha value is -1.41. The van der Waals surface area contributed by atoms with Crippen LogP contribution in [0.3, 0.4) is 0 Å². The fourth-order valence-corrected chi connectivity index (χ4v) is 2.07. The van der Waals surface area contributed by atoms with Gasteiger partial charge in [0, 0.05) is 24.3 Å². The summed E-state index contributed by atoms with van der Waals surface area (Å²) in [5.41, 5.74) is 2.92. The molecule has 2 heteroatoms. The van der Waals surface area contributed by atoms with Crippen LogP contribution in [0.1, 0.15) is 11.1 Å². The van der Waals surface area contributed by atoms with Crippen molar-refractivity contribution in [2.45, 2.75) is 13.0 Å². The second-order valence-corrected chi connectivity index (χ2v) is 3.77. The van der Waals surface area contributed by atoms with Crippen molar-refractivity contribution >= 4 is 10.8 Å². The summed E-state index contributed by atoms with van der Waals surface area (Å²) in [4.78, 5) is 4.14. The van der Waals surface area contributed by atoms with Gasteiger partial charge in [0.05, 0.1) is 0 Å². The minimum Gasteiger partial charge on any atom is -0.312 e. The average Bonchev–Trinajstić information content (AvgIpc) is 2.26. The van der Waals surface area contributed by atoms with Crippen LogP contribution in [-0.2, 0) is 13.0 Å². The SMILES string of the molecule is c1cc2cc3c(cc2cn1)CNCC3. The summed E-state index contributed by atoms with van der Waals surface area (Å²) < 4.78 is 0. The molecule has 0 bridgehead atoms. The van der Waals surface area contributed by atoms with E-state index >= 15 is 0 Å². The molecule has 14 heavy (non-hydrogen) atoms. The van der Waals surface area contributed by atoms with E-state index in [0.29, 0.717) is 0 Å². The second-order valence-electron chi connectivity index (χ2n) is 3.77. The number of aromatic nitrogens is 1. The van der Waals surface area contributed by atoms with Gasteiger partial charge in [0.15, 0.2) is 0 Å². The first-order chi connectivity index (χ1) is 6.93. The van der Waals surface area contributed by atoms with Crippen LogP contribution in [-0.4, -0.2) is 11.5 Å². The molecule has 0 amide bonds. The number of benzene rings is 1. The number of fused-ring (bicyclic) bond motifs is 2. The van der Waals surface area contributed by atoms with Crippen molar-refractivity contribution in [3.05, 3.63) is 41.7 Å². The molecular weight excluding hydrogens is 172 g/mol. The van der Waals surface area contributed by atoms with Gasteiger partial charge >= 0.3 is 0 Å². The van der Waals surface area contributed by atoms with Crippen molar-refractivity contribution in [3.63, 3.8) is 0 Å². The number of hydrogen-bond acceptors (Lipinski definition) is 2. The Morgan fingerprint density at radius 1 is 1.14 bits per heavy atom. The molecule has 1 aromatic carbocycles. The molecular formula is C12H12N2. The Bertz CT molecular complexity index is 432. The van der Waals surface area contributed by atoms with E-state index in [0.717, 1.165) is 19.5 Å². The molecule has 1 aromatic heterocycles. The molecule has 0 unspecified atom stereocenters. The normalized spacial score (nSPS) is 15.4. The summed E-state index contributed by atoms with van der Waals surface area (Å²) in [7, 11) is 0. The molecule has 2 heterocycles. The largest absolute Gasteiger partial charge is 0.312 e. The molecule has 70 valence electrons. The van der Waals surface area contributed by atoms with Crippen LogP contribution in [0.25, 0.3) is 10.8 Å². The maximum absolute atomic E-state index is 4.14. The van der Waals surface area contributed by atoms with E-state index in [1.165, 1.54) is 21.9 Å². The molecule has 3 rings (SSSR count). The van der Waals surface area contributed by atoms with Crippen LogP contribution in [0, 0.1) is 0 Å². The second kappa shape index (κ2) is 3.07. The Morgan fingerprint density at radius 3 is 3.07 bits per heavy atom. The zero-order valence-corrected chi connectivity index (χ0v) is 7.96. The summed E-state index contributed by atoms with van der Waals surface area (Å²) in [5.74, 6) is 0. The highest BCUT2D eigenvalue weighted by molar-refractivity contribution is 5.83. The lowest BCUT2D eigenvalue weighted by molar-refractivity contribution is 0.645. The first-order valence-corrected chi connectivity index (χ1v) is 5.00. The molecule has 1 aliphatic rings. The van der Waals surface area contributed by atoms with Gasteiger partial charge in [-0.15, -0.1) is 0 Å². The van der Waals surface area contributed by atoms with Gasteiger partial charge in [-0.1, -0.05) is 6.07 Å². The summed E-state index contributed by atoms with van der Waals surface area (Å²) in [6.45, 7) is 2.10. The van der Waals surface area contributed by atoms with Crippen LogP contribution < -0.4 is 5.32 Å². The standard InChI is InChI=1S/C12H12N2/c1-3-13-7-11-6-12-8-14-4-2-10(12)5-9(1)11/h1,3,5-7,14H,2,4,8H2. The third-order valence-electron chi connectivity index (χ3n) is 2.85. The predicted octanol–water partition coefficient (Wildman–Crippen LogP) is 1.88. The topological polar surface area (TPSA) is 24.9 Å². The first kappa shape index (κ1) is 7.94. The molecule has 1 aliphatic heterocycles. The zero-order chi connectivity index (χ0) is 9.38. The maximum Gasteiger partial charge on any atom is 0.0346 e. The van der Waals surface area contributed by atoms with Crippen molar-refractivity contribution in [3.8, 4) is 0 Å². The molecule has 1 N–H and O–H groups in total. The highest BCUT2D eigenvalue weighted by Crippen LogP contribution is 2.21. The fourth-order valence-electron chi connectivity index (χ4n) is 2.07. The third kappa shape index (κ3) is 1.19. The fraction of sp³-hybridized carbons (Fsp3) is 0.250. The summed E-state index contributed by atoms with van der Waals surface area (Å²) in [6, 6.07) is 6.63. The molecule has 2 aromatic rings.